The average Bonchev–Trinajstić information content (AvgIpc) is 2.31. The number of benzene rings is 1. The molecular formula is C15H25NO. The van der Waals surface area contributed by atoms with Gasteiger partial charge < -0.3 is 10.1 Å². The molecule has 2 nitrogen and oxygen atoms in total. The molecule has 1 N–H and O–H groups in total. The van der Waals surface area contributed by atoms with Crippen LogP contribution in [0.2, 0.25) is 0 Å². The van der Waals surface area contributed by atoms with Gasteiger partial charge in [0.05, 0.1) is 7.11 Å². The number of ether oxygens (including phenoxy) is 1. The van der Waals surface area contributed by atoms with Crippen LogP contribution in [0.15, 0.2) is 12.1 Å². The molecule has 0 saturated carbocycles. The highest BCUT2D eigenvalue weighted by Gasteiger charge is 2.09. The molecule has 1 rings (SSSR count). The summed E-state index contributed by atoms with van der Waals surface area (Å²) in [7, 11) is 1.76. The Labute approximate surface area is 105 Å². The fourth-order valence-corrected chi connectivity index (χ4v) is 2.15. The summed E-state index contributed by atoms with van der Waals surface area (Å²) in [6, 6.07) is 4.94. The summed E-state index contributed by atoms with van der Waals surface area (Å²) in [5, 5.41) is 3.44. The lowest BCUT2D eigenvalue weighted by molar-refractivity contribution is 0.404. The van der Waals surface area contributed by atoms with Gasteiger partial charge in [0.25, 0.3) is 0 Å². The molecule has 0 radical (unpaired) electrons. The van der Waals surface area contributed by atoms with E-state index in [2.05, 4.69) is 45.1 Å². The van der Waals surface area contributed by atoms with E-state index in [4.69, 9.17) is 4.74 Å². The largest absolute Gasteiger partial charge is 0.496 e. The van der Waals surface area contributed by atoms with Crippen molar-refractivity contribution in [3.8, 4) is 5.75 Å². The standard InChI is InChI=1S/C15H25NO/c1-6-16-12(3)8-10-14-9-7-11(2)13(4)15(14)17-5/h7,9,12,16H,6,8,10H2,1-5H3. The van der Waals surface area contributed by atoms with Gasteiger partial charge in [-0.15, -0.1) is 0 Å². The number of rotatable bonds is 6. The van der Waals surface area contributed by atoms with E-state index in [9.17, 15) is 0 Å². The van der Waals surface area contributed by atoms with Crippen molar-refractivity contribution in [2.45, 2.75) is 46.6 Å². The Morgan fingerprint density at radius 3 is 2.59 bits per heavy atom. The Bertz CT molecular complexity index is 360. The molecule has 0 aliphatic carbocycles. The predicted octanol–water partition coefficient (Wildman–Crippen LogP) is 3.24. The second-order valence-electron chi connectivity index (χ2n) is 4.70. The van der Waals surface area contributed by atoms with Crippen LogP contribution in [0.4, 0.5) is 0 Å². The van der Waals surface area contributed by atoms with Crippen LogP contribution in [0.25, 0.3) is 0 Å². The highest BCUT2D eigenvalue weighted by molar-refractivity contribution is 5.45. The first-order chi connectivity index (χ1) is 8.10. The summed E-state index contributed by atoms with van der Waals surface area (Å²) >= 11 is 0. The first-order valence-electron chi connectivity index (χ1n) is 6.46. The van der Waals surface area contributed by atoms with Crippen LogP contribution < -0.4 is 10.1 Å². The summed E-state index contributed by atoms with van der Waals surface area (Å²) in [4.78, 5) is 0. The molecule has 0 bridgehead atoms. The number of nitrogens with one attached hydrogen (secondary N) is 1. The average molecular weight is 235 g/mol. The molecule has 1 aromatic rings. The van der Waals surface area contributed by atoms with Crippen molar-refractivity contribution < 1.29 is 4.74 Å². The van der Waals surface area contributed by atoms with E-state index in [0.717, 1.165) is 25.1 Å². The Hall–Kier alpha value is -1.02. The third-order valence-electron chi connectivity index (χ3n) is 3.36. The fraction of sp³-hybridized carbons (Fsp3) is 0.600. The number of aryl methyl sites for hydroxylation is 2. The molecule has 0 heterocycles. The molecule has 1 unspecified atom stereocenters. The molecular weight excluding hydrogens is 210 g/mol. The van der Waals surface area contributed by atoms with Crippen molar-refractivity contribution in [1.82, 2.24) is 5.32 Å². The van der Waals surface area contributed by atoms with E-state index in [1.165, 1.54) is 16.7 Å². The second kappa shape index (κ2) is 6.65. The van der Waals surface area contributed by atoms with E-state index in [-0.39, 0.29) is 0 Å². The predicted molar refractivity (Wildman–Crippen MR) is 73.9 cm³/mol. The summed E-state index contributed by atoms with van der Waals surface area (Å²) in [6.45, 7) is 9.67. The summed E-state index contributed by atoms with van der Waals surface area (Å²) in [5.41, 5.74) is 3.88. The third kappa shape index (κ3) is 3.74. The van der Waals surface area contributed by atoms with Crippen molar-refractivity contribution >= 4 is 0 Å². The molecule has 0 aliphatic heterocycles. The molecule has 96 valence electrons. The van der Waals surface area contributed by atoms with Gasteiger partial charge in [-0.2, -0.15) is 0 Å². The molecule has 17 heavy (non-hydrogen) atoms. The van der Waals surface area contributed by atoms with Crippen LogP contribution in [0.5, 0.6) is 5.75 Å². The van der Waals surface area contributed by atoms with Crippen LogP contribution in [-0.2, 0) is 6.42 Å². The van der Waals surface area contributed by atoms with E-state index >= 15 is 0 Å². The Kier molecular flexibility index (Phi) is 5.49. The van der Waals surface area contributed by atoms with Crippen molar-refractivity contribution in [3.05, 3.63) is 28.8 Å². The maximum atomic E-state index is 5.53. The monoisotopic (exact) mass is 235 g/mol. The van der Waals surface area contributed by atoms with Crippen LogP contribution in [0.3, 0.4) is 0 Å². The van der Waals surface area contributed by atoms with Crippen LogP contribution in [0.1, 0.15) is 37.0 Å². The van der Waals surface area contributed by atoms with Crippen LogP contribution in [0, 0.1) is 13.8 Å². The minimum absolute atomic E-state index is 0.561. The van der Waals surface area contributed by atoms with Gasteiger partial charge in [-0.25, -0.2) is 0 Å². The minimum Gasteiger partial charge on any atom is -0.496 e. The maximum Gasteiger partial charge on any atom is 0.125 e. The molecule has 0 aromatic heterocycles. The first kappa shape index (κ1) is 14.0. The molecule has 1 aromatic carbocycles. The Balaban J connectivity index is 2.74. The van der Waals surface area contributed by atoms with Gasteiger partial charge in [0.15, 0.2) is 0 Å². The molecule has 2 heteroatoms. The zero-order chi connectivity index (χ0) is 12.8. The third-order valence-corrected chi connectivity index (χ3v) is 3.36. The topological polar surface area (TPSA) is 21.3 Å². The molecule has 0 aliphatic rings. The zero-order valence-corrected chi connectivity index (χ0v) is 11.8. The van der Waals surface area contributed by atoms with Crippen molar-refractivity contribution in [3.63, 3.8) is 0 Å². The Morgan fingerprint density at radius 2 is 2.00 bits per heavy atom. The Morgan fingerprint density at radius 1 is 1.29 bits per heavy atom. The quantitative estimate of drug-likeness (QED) is 0.817. The number of hydrogen-bond acceptors (Lipinski definition) is 2. The molecule has 0 saturated heterocycles. The van der Waals surface area contributed by atoms with Gasteiger partial charge in [-0.3, -0.25) is 0 Å². The summed E-state index contributed by atoms with van der Waals surface area (Å²) < 4.78 is 5.53. The lowest BCUT2D eigenvalue weighted by Gasteiger charge is -2.16. The van der Waals surface area contributed by atoms with Gasteiger partial charge in [0.2, 0.25) is 0 Å². The molecule has 0 amide bonds. The maximum absolute atomic E-state index is 5.53. The van der Waals surface area contributed by atoms with Gasteiger partial charge in [0, 0.05) is 6.04 Å². The van der Waals surface area contributed by atoms with Gasteiger partial charge in [-0.05, 0) is 56.8 Å². The van der Waals surface area contributed by atoms with Crippen molar-refractivity contribution in [1.29, 1.82) is 0 Å². The van der Waals surface area contributed by atoms with Crippen molar-refractivity contribution in [2.24, 2.45) is 0 Å². The summed E-state index contributed by atoms with van der Waals surface area (Å²) in [6.07, 6.45) is 2.21. The SMILES string of the molecule is CCNC(C)CCc1ccc(C)c(C)c1OC. The minimum atomic E-state index is 0.561. The van der Waals surface area contributed by atoms with Gasteiger partial charge in [-0.1, -0.05) is 19.1 Å². The van der Waals surface area contributed by atoms with E-state index in [1.54, 1.807) is 7.11 Å². The lowest BCUT2D eigenvalue weighted by Crippen LogP contribution is -2.25. The zero-order valence-electron chi connectivity index (χ0n) is 11.8. The highest BCUT2D eigenvalue weighted by Crippen LogP contribution is 2.27. The smallest absolute Gasteiger partial charge is 0.125 e. The van der Waals surface area contributed by atoms with Crippen LogP contribution in [-0.4, -0.2) is 19.7 Å². The van der Waals surface area contributed by atoms with E-state index in [0.29, 0.717) is 6.04 Å². The molecule has 0 fully saturated rings. The normalized spacial score (nSPS) is 12.5. The number of methoxy groups -OCH3 is 1. The van der Waals surface area contributed by atoms with Crippen LogP contribution >= 0.6 is 0 Å². The molecule has 0 spiro atoms. The van der Waals surface area contributed by atoms with Gasteiger partial charge >= 0.3 is 0 Å². The van der Waals surface area contributed by atoms with Crippen molar-refractivity contribution in [2.75, 3.05) is 13.7 Å². The second-order valence-corrected chi connectivity index (χ2v) is 4.70. The lowest BCUT2D eigenvalue weighted by atomic mass is 9.99. The van der Waals surface area contributed by atoms with E-state index in [1.807, 2.05) is 0 Å². The first-order valence-corrected chi connectivity index (χ1v) is 6.46. The summed E-state index contributed by atoms with van der Waals surface area (Å²) in [5.74, 6) is 1.06. The van der Waals surface area contributed by atoms with Gasteiger partial charge in [0.1, 0.15) is 5.75 Å². The molecule has 1 atom stereocenters. The van der Waals surface area contributed by atoms with E-state index < -0.39 is 0 Å². The number of hydrogen-bond donors (Lipinski definition) is 1. The highest BCUT2D eigenvalue weighted by atomic mass is 16.5. The fourth-order valence-electron chi connectivity index (χ4n) is 2.15.